The fourth-order valence-electron chi connectivity index (χ4n) is 1.07. The molecule has 0 aliphatic heterocycles. The number of Topliss-reactive ketones (excluding diaryl/α,β-unsaturated/α-hetero) is 1. The molecule has 0 atom stereocenters. The second-order valence-corrected chi connectivity index (χ2v) is 3.11. The van der Waals surface area contributed by atoms with Crippen molar-refractivity contribution >= 4 is 5.78 Å². The highest BCUT2D eigenvalue weighted by Crippen LogP contribution is 2.32. The van der Waals surface area contributed by atoms with Crippen LogP contribution < -0.4 is 0 Å². The molecule has 1 nitrogen and oxygen atoms in total. The predicted molar refractivity (Wildman–Crippen MR) is 45.0 cm³/mol. The first-order valence-electron chi connectivity index (χ1n) is 4.24. The Balaban J connectivity index is 2.03. The fraction of sp³-hybridized carbons (Fsp3) is 0.700. The van der Waals surface area contributed by atoms with Gasteiger partial charge in [-0.05, 0) is 25.7 Å². The third kappa shape index (κ3) is 3.83. The zero-order valence-electron chi connectivity index (χ0n) is 7.02. The van der Waals surface area contributed by atoms with Crippen LogP contribution in [0.3, 0.4) is 0 Å². The van der Waals surface area contributed by atoms with E-state index in [9.17, 15) is 4.79 Å². The molecular formula is C10H14O. The van der Waals surface area contributed by atoms with Gasteiger partial charge in [-0.15, -0.1) is 11.8 Å². The lowest BCUT2D eigenvalue weighted by Crippen LogP contribution is -1.97. The molecule has 1 saturated carbocycles. The first-order valence-corrected chi connectivity index (χ1v) is 4.24. The molecule has 0 aromatic heterocycles. The normalized spacial score (nSPS) is 15.4. The van der Waals surface area contributed by atoms with E-state index in [-0.39, 0.29) is 0 Å². The van der Waals surface area contributed by atoms with Crippen LogP contribution in [-0.2, 0) is 4.79 Å². The average Bonchev–Trinajstić information content (AvgIpc) is 2.72. The highest BCUT2D eigenvalue weighted by Gasteiger charge is 2.23. The molecule has 1 aliphatic carbocycles. The zero-order valence-corrected chi connectivity index (χ0v) is 7.02. The lowest BCUT2D eigenvalue weighted by atomic mass is 10.1. The molecule has 0 amide bonds. The highest BCUT2D eigenvalue weighted by atomic mass is 16.1. The average molecular weight is 150 g/mol. The van der Waals surface area contributed by atoms with Gasteiger partial charge in [-0.2, -0.15) is 0 Å². The van der Waals surface area contributed by atoms with Crippen molar-refractivity contribution in [2.75, 3.05) is 0 Å². The molecule has 1 rings (SSSR count). The van der Waals surface area contributed by atoms with Crippen LogP contribution in [0.1, 0.15) is 39.0 Å². The Bertz CT molecular complexity index is 191. The lowest BCUT2D eigenvalue weighted by Gasteiger charge is -1.93. The maximum absolute atomic E-state index is 11.1. The van der Waals surface area contributed by atoms with Crippen LogP contribution in [0.5, 0.6) is 0 Å². The van der Waals surface area contributed by atoms with E-state index >= 15 is 0 Å². The van der Waals surface area contributed by atoms with Crippen molar-refractivity contribution in [1.82, 2.24) is 0 Å². The van der Waals surface area contributed by atoms with Crippen LogP contribution in [0.4, 0.5) is 0 Å². The SMILES string of the molecule is CC#CCCC(=O)CC1CC1. The number of carbonyl (C=O) groups excluding carboxylic acids is 1. The van der Waals surface area contributed by atoms with Crippen molar-refractivity contribution < 1.29 is 4.79 Å². The molecule has 1 fully saturated rings. The van der Waals surface area contributed by atoms with Crippen molar-refractivity contribution in [3.05, 3.63) is 0 Å². The molecule has 11 heavy (non-hydrogen) atoms. The first-order chi connectivity index (χ1) is 5.33. The van der Waals surface area contributed by atoms with E-state index in [4.69, 9.17) is 0 Å². The van der Waals surface area contributed by atoms with Gasteiger partial charge in [0.2, 0.25) is 0 Å². The Hall–Kier alpha value is -0.770. The number of ketones is 1. The summed E-state index contributed by atoms with van der Waals surface area (Å²) in [6.45, 7) is 1.81. The molecule has 0 saturated heterocycles. The van der Waals surface area contributed by atoms with Gasteiger partial charge in [0.15, 0.2) is 0 Å². The summed E-state index contributed by atoms with van der Waals surface area (Å²) in [6, 6.07) is 0. The van der Waals surface area contributed by atoms with Crippen LogP contribution in [0.2, 0.25) is 0 Å². The number of rotatable bonds is 4. The maximum atomic E-state index is 11.1. The predicted octanol–water partition coefficient (Wildman–Crippen LogP) is 2.16. The molecule has 0 aromatic rings. The molecule has 0 heterocycles. The molecule has 0 unspecified atom stereocenters. The van der Waals surface area contributed by atoms with E-state index < -0.39 is 0 Å². The Kier molecular flexibility index (Phi) is 3.16. The number of hydrogen-bond donors (Lipinski definition) is 0. The quantitative estimate of drug-likeness (QED) is 0.561. The maximum Gasteiger partial charge on any atom is 0.134 e. The summed E-state index contributed by atoms with van der Waals surface area (Å²) in [6.07, 6.45) is 4.77. The third-order valence-corrected chi connectivity index (χ3v) is 1.92. The van der Waals surface area contributed by atoms with Crippen molar-refractivity contribution in [3.63, 3.8) is 0 Å². The molecular weight excluding hydrogens is 136 g/mol. The van der Waals surface area contributed by atoms with Crippen molar-refractivity contribution in [1.29, 1.82) is 0 Å². The van der Waals surface area contributed by atoms with E-state index in [0.29, 0.717) is 12.2 Å². The van der Waals surface area contributed by atoms with Gasteiger partial charge in [-0.3, -0.25) is 4.79 Å². The second kappa shape index (κ2) is 4.18. The minimum Gasteiger partial charge on any atom is -0.300 e. The van der Waals surface area contributed by atoms with Gasteiger partial charge in [-0.25, -0.2) is 0 Å². The largest absolute Gasteiger partial charge is 0.300 e. The van der Waals surface area contributed by atoms with Gasteiger partial charge in [0.25, 0.3) is 0 Å². The van der Waals surface area contributed by atoms with Crippen molar-refractivity contribution in [2.45, 2.75) is 39.0 Å². The van der Waals surface area contributed by atoms with Gasteiger partial charge >= 0.3 is 0 Å². The van der Waals surface area contributed by atoms with Crippen LogP contribution in [-0.4, -0.2) is 5.78 Å². The fourth-order valence-corrected chi connectivity index (χ4v) is 1.07. The van der Waals surface area contributed by atoms with Gasteiger partial charge in [0.1, 0.15) is 5.78 Å². The molecule has 60 valence electrons. The summed E-state index contributed by atoms with van der Waals surface area (Å²) in [5, 5.41) is 0. The van der Waals surface area contributed by atoms with Gasteiger partial charge in [-0.1, -0.05) is 0 Å². The topological polar surface area (TPSA) is 17.1 Å². The molecule has 1 heteroatoms. The molecule has 0 spiro atoms. The monoisotopic (exact) mass is 150 g/mol. The summed E-state index contributed by atoms with van der Waals surface area (Å²) in [7, 11) is 0. The summed E-state index contributed by atoms with van der Waals surface area (Å²) < 4.78 is 0. The summed E-state index contributed by atoms with van der Waals surface area (Å²) >= 11 is 0. The molecule has 0 N–H and O–H groups in total. The lowest BCUT2D eigenvalue weighted by molar-refractivity contribution is -0.119. The minimum absolute atomic E-state index is 0.398. The van der Waals surface area contributed by atoms with Crippen molar-refractivity contribution in [3.8, 4) is 11.8 Å². The smallest absolute Gasteiger partial charge is 0.134 e. The Morgan fingerprint density at radius 1 is 1.55 bits per heavy atom. The van der Waals surface area contributed by atoms with Gasteiger partial charge in [0.05, 0.1) is 0 Å². The van der Waals surface area contributed by atoms with E-state index in [1.54, 1.807) is 0 Å². The summed E-state index contributed by atoms with van der Waals surface area (Å²) in [4.78, 5) is 11.1. The van der Waals surface area contributed by atoms with Crippen LogP contribution in [0.25, 0.3) is 0 Å². The van der Waals surface area contributed by atoms with E-state index in [0.717, 1.165) is 18.8 Å². The highest BCUT2D eigenvalue weighted by molar-refractivity contribution is 5.79. The summed E-state index contributed by atoms with van der Waals surface area (Å²) in [5.74, 6) is 6.82. The standard InChI is InChI=1S/C10H14O/c1-2-3-4-5-10(11)8-9-6-7-9/h9H,4-8H2,1H3. The van der Waals surface area contributed by atoms with Gasteiger partial charge in [0, 0.05) is 19.3 Å². The van der Waals surface area contributed by atoms with Crippen LogP contribution in [0.15, 0.2) is 0 Å². The minimum atomic E-state index is 0.398. The summed E-state index contributed by atoms with van der Waals surface area (Å²) in [5.41, 5.74) is 0. The van der Waals surface area contributed by atoms with E-state index in [1.807, 2.05) is 6.92 Å². The molecule has 0 aromatic carbocycles. The van der Waals surface area contributed by atoms with Crippen LogP contribution >= 0.6 is 0 Å². The first kappa shape index (κ1) is 8.33. The van der Waals surface area contributed by atoms with Crippen LogP contribution in [0, 0.1) is 17.8 Å². The van der Waals surface area contributed by atoms with E-state index in [2.05, 4.69) is 11.8 Å². The molecule has 1 aliphatic rings. The Labute approximate surface area is 68.2 Å². The van der Waals surface area contributed by atoms with Crippen molar-refractivity contribution in [2.24, 2.45) is 5.92 Å². The molecule has 0 bridgehead atoms. The third-order valence-electron chi connectivity index (χ3n) is 1.92. The molecule has 0 radical (unpaired) electrons. The Morgan fingerprint density at radius 2 is 2.27 bits per heavy atom. The number of hydrogen-bond acceptors (Lipinski definition) is 1. The zero-order chi connectivity index (χ0) is 8.10. The van der Waals surface area contributed by atoms with E-state index in [1.165, 1.54) is 12.8 Å². The number of carbonyl (C=O) groups is 1. The second-order valence-electron chi connectivity index (χ2n) is 3.11. The van der Waals surface area contributed by atoms with Gasteiger partial charge < -0.3 is 0 Å². The Morgan fingerprint density at radius 3 is 2.82 bits per heavy atom.